The Morgan fingerprint density at radius 2 is 2.00 bits per heavy atom. The summed E-state index contributed by atoms with van der Waals surface area (Å²) in [4.78, 5) is 18.2. The zero-order chi connectivity index (χ0) is 28.9. The Labute approximate surface area is 239 Å². The molecular formula is C30H42F3N7O. The smallest absolute Gasteiger partial charge is 0.299 e. The number of imidazole rings is 1. The summed E-state index contributed by atoms with van der Waals surface area (Å²) in [5, 5.41) is 9.85. The average Bonchev–Trinajstić information content (AvgIpc) is 3.47. The minimum absolute atomic E-state index is 0.0697. The number of likely N-dealkylation sites (tertiary alicyclic amines) is 1. The first kappa shape index (κ1) is 28.7. The van der Waals surface area contributed by atoms with E-state index in [1.54, 1.807) is 10.8 Å². The molecule has 41 heavy (non-hydrogen) atoms. The van der Waals surface area contributed by atoms with E-state index in [-0.39, 0.29) is 35.0 Å². The zero-order valence-electron chi connectivity index (χ0n) is 24.1. The highest BCUT2D eigenvalue weighted by Gasteiger charge is 2.49. The van der Waals surface area contributed by atoms with Crippen molar-refractivity contribution in [3.63, 3.8) is 0 Å². The third-order valence-corrected chi connectivity index (χ3v) is 10.2. The van der Waals surface area contributed by atoms with Gasteiger partial charge in [-0.3, -0.25) is 18.8 Å². The lowest BCUT2D eigenvalue weighted by atomic mass is 9.72. The summed E-state index contributed by atoms with van der Waals surface area (Å²) in [6.45, 7) is 5.00. The molecule has 5 atom stereocenters. The number of aromatic nitrogens is 2. The Morgan fingerprint density at radius 3 is 2.66 bits per heavy atom. The lowest BCUT2D eigenvalue weighted by molar-refractivity contribution is -0.136. The van der Waals surface area contributed by atoms with E-state index in [2.05, 4.69) is 40.7 Å². The van der Waals surface area contributed by atoms with E-state index in [1.165, 1.54) is 16.7 Å². The van der Waals surface area contributed by atoms with E-state index in [0.29, 0.717) is 24.7 Å². The first-order valence-electron chi connectivity index (χ1n) is 15.2. The Balaban J connectivity index is 1.30. The summed E-state index contributed by atoms with van der Waals surface area (Å²) in [7, 11) is 2.06. The van der Waals surface area contributed by atoms with E-state index >= 15 is 0 Å². The number of nitrogens with zero attached hydrogens (tertiary/aromatic N) is 5. The molecule has 0 amide bonds. The summed E-state index contributed by atoms with van der Waals surface area (Å²) in [5.74, 6) is 0.976. The van der Waals surface area contributed by atoms with Crippen molar-refractivity contribution in [2.45, 2.75) is 89.6 Å². The van der Waals surface area contributed by atoms with E-state index in [4.69, 9.17) is 0 Å². The van der Waals surface area contributed by atoms with E-state index in [0.717, 1.165) is 70.9 Å². The van der Waals surface area contributed by atoms with Gasteiger partial charge >= 0.3 is 11.9 Å². The van der Waals surface area contributed by atoms with Gasteiger partial charge in [-0.1, -0.05) is 13.3 Å². The topological polar surface area (TPSA) is 80.7 Å². The Hall–Kier alpha value is -2.39. The Kier molecular flexibility index (Phi) is 7.72. The van der Waals surface area contributed by atoms with Crippen molar-refractivity contribution in [3.8, 4) is 6.07 Å². The minimum Gasteiger partial charge on any atom is -0.299 e. The number of hydrogen-bond acceptors (Lipinski definition) is 6. The van der Waals surface area contributed by atoms with Crippen molar-refractivity contribution in [1.82, 2.24) is 29.6 Å². The molecule has 2 aliphatic heterocycles. The summed E-state index contributed by atoms with van der Waals surface area (Å²) in [5.41, 5.74) is 5.66. The molecule has 2 aliphatic carbocycles. The summed E-state index contributed by atoms with van der Waals surface area (Å²) in [6.07, 6.45) is 6.76. The third kappa shape index (κ3) is 5.81. The van der Waals surface area contributed by atoms with Crippen LogP contribution in [0.15, 0.2) is 23.3 Å². The second kappa shape index (κ2) is 11.0. The number of alkyl halides is 3. The van der Waals surface area contributed by atoms with Crippen LogP contribution in [0.1, 0.15) is 81.9 Å². The lowest BCUT2D eigenvalue weighted by Crippen LogP contribution is -2.46. The van der Waals surface area contributed by atoms with Gasteiger partial charge in [0.1, 0.15) is 0 Å². The molecule has 8 nitrogen and oxygen atoms in total. The van der Waals surface area contributed by atoms with E-state index < -0.39 is 17.4 Å². The first-order chi connectivity index (χ1) is 19.6. The molecule has 0 radical (unpaired) electrons. The quantitative estimate of drug-likeness (QED) is 0.499. The van der Waals surface area contributed by atoms with Crippen molar-refractivity contribution >= 4 is 5.52 Å². The molecule has 2 N–H and O–H groups in total. The Morgan fingerprint density at radius 1 is 1.20 bits per heavy atom. The van der Waals surface area contributed by atoms with Gasteiger partial charge in [0.2, 0.25) is 0 Å². The normalized spacial score (nSPS) is 30.0. The highest BCUT2D eigenvalue weighted by atomic mass is 19.4. The lowest BCUT2D eigenvalue weighted by Gasteiger charge is -2.40. The molecule has 6 rings (SSSR count). The van der Waals surface area contributed by atoms with Crippen molar-refractivity contribution in [2.24, 2.45) is 23.2 Å². The van der Waals surface area contributed by atoms with Crippen molar-refractivity contribution in [1.29, 1.82) is 5.26 Å². The number of hydrazine groups is 1. The van der Waals surface area contributed by atoms with Crippen LogP contribution in [0.4, 0.5) is 13.2 Å². The second-order valence-corrected chi connectivity index (χ2v) is 13.3. The fraction of sp³-hybridized carbons (Fsp3) is 0.733. The number of hydrogen-bond donors (Lipinski definition) is 2. The van der Waals surface area contributed by atoms with E-state index in [1.807, 2.05) is 0 Å². The van der Waals surface area contributed by atoms with Gasteiger partial charge in [0, 0.05) is 31.5 Å². The molecule has 2 aromatic heterocycles. The molecule has 2 saturated carbocycles. The molecule has 4 fully saturated rings. The maximum Gasteiger partial charge on any atom is 0.418 e. The third-order valence-electron chi connectivity index (χ3n) is 10.2. The van der Waals surface area contributed by atoms with Crippen LogP contribution in [0, 0.1) is 34.5 Å². The minimum atomic E-state index is -4.56. The predicted molar refractivity (Wildman–Crippen MR) is 149 cm³/mol. The maximum absolute atomic E-state index is 14.3. The molecule has 3 unspecified atom stereocenters. The van der Waals surface area contributed by atoms with Gasteiger partial charge in [0.15, 0.2) is 0 Å². The highest BCUT2D eigenvalue weighted by Crippen LogP contribution is 2.53. The molecule has 2 saturated heterocycles. The van der Waals surface area contributed by atoms with Gasteiger partial charge in [-0.15, -0.1) is 0 Å². The largest absolute Gasteiger partial charge is 0.418 e. The van der Waals surface area contributed by atoms with Crippen LogP contribution in [-0.4, -0.2) is 51.7 Å². The van der Waals surface area contributed by atoms with Crippen LogP contribution in [-0.2, 0) is 12.7 Å². The van der Waals surface area contributed by atoms with Gasteiger partial charge in [-0.25, -0.2) is 15.6 Å². The number of nitriles is 1. The summed E-state index contributed by atoms with van der Waals surface area (Å²) < 4.78 is 45.7. The SMILES string of the molecule is C[C@H]1CCCN(Cc2cc(C(F)(F)F)c3cn(C4CCCC([C@@H](CC5(C#N)CC5)C5NNCN5C)C4)c(=O)n3c2)C1. The predicted octanol–water partition coefficient (Wildman–Crippen LogP) is 4.72. The molecule has 4 aliphatic rings. The Bertz CT molecular complexity index is 1360. The molecule has 11 heteroatoms. The molecule has 224 valence electrons. The molecule has 0 bridgehead atoms. The van der Waals surface area contributed by atoms with Gasteiger partial charge in [0.05, 0.1) is 35.4 Å². The number of piperidine rings is 1. The fourth-order valence-corrected chi connectivity index (χ4v) is 7.79. The zero-order valence-corrected chi connectivity index (χ0v) is 24.1. The average molecular weight is 574 g/mol. The fourth-order valence-electron chi connectivity index (χ4n) is 7.79. The van der Waals surface area contributed by atoms with Gasteiger partial charge in [-0.2, -0.15) is 18.4 Å². The number of fused-ring (bicyclic) bond motifs is 1. The molecule has 0 aromatic carbocycles. The van der Waals surface area contributed by atoms with Crippen LogP contribution < -0.4 is 16.5 Å². The highest BCUT2D eigenvalue weighted by molar-refractivity contribution is 5.56. The van der Waals surface area contributed by atoms with Crippen LogP contribution in [0.25, 0.3) is 5.52 Å². The van der Waals surface area contributed by atoms with Crippen LogP contribution >= 0.6 is 0 Å². The van der Waals surface area contributed by atoms with Crippen LogP contribution in [0.2, 0.25) is 0 Å². The standard InChI is InChI=1S/C30H42F3N7O/c1-20-5-4-10-38(14-20)15-21-11-25(30(31,32)33)26-17-39(28(41)40(26)16-21)23-7-3-6-22(12-23)24(13-29(18-34)8-9-29)27-36-35-19-37(27)2/h11,16-17,20,22-24,27,35-36H,3-10,12-15,19H2,1-2H3/t20-,22?,23?,24+,27?/m0/s1. The maximum atomic E-state index is 14.3. The van der Waals surface area contributed by atoms with Gasteiger partial charge in [0.25, 0.3) is 0 Å². The molecule has 2 aromatic rings. The van der Waals surface area contributed by atoms with Crippen LogP contribution in [0.5, 0.6) is 0 Å². The van der Waals surface area contributed by atoms with Crippen molar-refractivity contribution in [3.05, 3.63) is 40.1 Å². The first-order valence-corrected chi connectivity index (χ1v) is 15.2. The van der Waals surface area contributed by atoms with Crippen molar-refractivity contribution < 1.29 is 13.2 Å². The van der Waals surface area contributed by atoms with E-state index in [9.17, 15) is 23.2 Å². The molecule has 0 spiro atoms. The summed E-state index contributed by atoms with van der Waals surface area (Å²) in [6, 6.07) is 3.62. The van der Waals surface area contributed by atoms with Crippen molar-refractivity contribution in [2.75, 3.05) is 26.8 Å². The monoisotopic (exact) mass is 573 g/mol. The molecule has 4 heterocycles. The second-order valence-electron chi connectivity index (χ2n) is 13.3. The van der Waals surface area contributed by atoms with Gasteiger partial charge in [-0.05, 0) is 94.3 Å². The number of rotatable bonds is 7. The number of halogens is 3. The number of pyridine rings is 1. The number of nitrogens with one attached hydrogen (secondary N) is 2. The van der Waals surface area contributed by atoms with Crippen LogP contribution in [0.3, 0.4) is 0 Å². The summed E-state index contributed by atoms with van der Waals surface area (Å²) >= 11 is 0. The molecular weight excluding hydrogens is 531 g/mol. The van der Waals surface area contributed by atoms with Gasteiger partial charge < -0.3 is 0 Å².